The number of Topliss-reactive ketones (excluding diaryl/α,β-unsaturated/α-hetero) is 2. The van der Waals surface area contributed by atoms with Crippen LogP contribution in [0.25, 0.3) is 0 Å². The van der Waals surface area contributed by atoms with Gasteiger partial charge in [0, 0.05) is 13.0 Å². The van der Waals surface area contributed by atoms with Crippen molar-refractivity contribution in [3.63, 3.8) is 0 Å². The number of imide groups is 1. The number of aliphatic imine (C=N–C) groups is 1. The molecule has 0 heterocycles. The highest BCUT2D eigenvalue weighted by molar-refractivity contribution is 6.19. The van der Waals surface area contributed by atoms with Crippen molar-refractivity contribution in [3.8, 4) is 5.75 Å². The zero-order chi connectivity index (χ0) is 55.0. The molecular weight excluding hydrogens is 949 g/mol. The number of hydrogen-bond acceptors (Lipinski definition) is 15. The first kappa shape index (κ1) is 62.9. The van der Waals surface area contributed by atoms with Crippen molar-refractivity contribution in [2.45, 2.75) is 204 Å². The number of rotatable bonds is 33. The molecule has 8 atom stereocenters. The largest absolute Gasteiger partial charge is 0.476 e. The summed E-state index contributed by atoms with van der Waals surface area (Å²) in [5, 5.41) is 8.11. The number of nitrogens with one attached hydrogen (secondary N) is 3. The predicted octanol–water partition coefficient (Wildman–Crippen LogP) is 1.62. The first-order valence-electron chi connectivity index (χ1n) is 27.0. The van der Waals surface area contributed by atoms with E-state index in [2.05, 4.69) is 20.9 Å². The lowest BCUT2D eigenvalue weighted by Crippen LogP contribution is -2.80. The van der Waals surface area contributed by atoms with Crippen molar-refractivity contribution < 1.29 is 43.1 Å². The maximum atomic E-state index is 15.9. The zero-order valence-corrected chi connectivity index (χ0v) is 44.5. The molecule has 0 bridgehead atoms. The van der Waals surface area contributed by atoms with Crippen LogP contribution in [-0.4, -0.2) is 125 Å². The number of guanidine groups is 1. The van der Waals surface area contributed by atoms with Gasteiger partial charge in [-0.15, -0.1) is 0 Å². The van der Waals surface area contributed by atoms with Crippen LogP contribution in [0.5, 0.6) is 5.75 Å². The van der Waals surface area contributed by atoms with E-state index in [1.807, 2.05) is 13.8 Å². The minimum absolute atomic E-state index is 0.0154. The van der Waals surface area contributed by atoms with E-state index in [9.17, 15) is 24.0 Å². The van der Waals surface area contributed by atoms with E-state index >= 15 is 14.4 Å². The van der Waals surface area contributed by atoms with E-state index in [1.165, 1.54) is 19.1 Å². The third kappa shape index (κ3) is 17.9. The third-order valence-corrected chi connectivity index (χ3v) is 14.6. The lowest BCUT2D eigenvalue weighted by Gasteiger charge is -2.50. The number of amides is 5. The molecule has 0 spiro atoms. The van der Waals surface area contributed by atoms with Crippen LogP contribution in [0.1, 0.15) is 156 Å². The van der Waals surface area contributed by atoms with Gasteiger partial charge in [0.2, 0.25) is 34.8 Å². The first-order chi connectivity index (χ1) is 35.2. The standard InChI is InChI=1S/C53H90N12O9/c1-34(2)30-44(64-47(70)43(25-15-17-28-55)63-46(69)40(56)24-14-16-27-54)48(71)62-35(3)49(72)65(50(73)42(58)32-38-20-10-6-11-21-38)52(33-66,45(68)41(57)31-37-18-8-5-9-19-37)53(36(4)67,26-29-61-51(59)60)74-39-22-12-7-13-23-39/h7,12-13,22-23,33-35,37-38,40-44H,5-6,8-11,14-21,24-32,54-58H2,1-4H3,(H,62,71)(H,63,69)(H,64,70)(H4,59,60,61)/t35-,40-,41-,42-,43-,44-,52-,53?/m0/s1. The Kier molecular flexibility index (Phi) is 26.8. The fourth-order valence-electron chi connectivity index (χ4n) is 10.5. The van der Waals surface area contributed by atoms with Gasteiger partial charge in [-0.05, 0) is 108 Å². The molecule has 2 saturated carbocycles. The highest BCUT2D eigenvalue weighted by Gasteiger charge is 2.69. The summed E-state index contributed by atoms with van der Waals surface area (Å²) in [7, 11) is 0. The van der Waals surface area contributed by atoms with Gasteiger partial charge < -0.3 is 65.6 Å². The summed E-state index contributed by atoms with van der Waals surface area (Å²) in [6.45, 7) is 6.27. The van der Waals surface area contributed by atoms with Crippen LogP contribution in [0.2, 0.25) is 0 Å². The lowest BCUT2D eigenvalue weighted by molar-refractivity contribution is -0.180. The molecule has 3 rings (SSSR count). The minimum Gasteiger partial charge on any atom is -0.476 e. The first-order valence-corrected chi connectivity index (χ1v) is 27.0. The number of para-hydroxylation sites is 1. The average Bonchev–Trinajstić information content (AvgIpc) is 3.37. The molecule has 74 heavy (non-hydrogen) atoms. The molecule has 0 aliphatic heterocycles. The summed E-state index contributed by atoms with van der Waals surface area (Å²) < 4.78 is 6.61. The van der Waals surface area contributed by atoms with E-state index in [-0.39, 0.29) is 55.5 Å². The molecule has 21 nitrogen and oxygen atoms in total. The van der Waals surface area contributed by atoms with Gasteiger partial charge in [0.1, 0.15) is 23.9 Å². The molecule has 2 fully saturated rings. The Hall–Kier alpha value is -5.35. The minimum atomic E-state index is -3.19. The van der Waals surface area contributed by atoms with E-state index < -0.39 is 107 Å². The molecule has 0 aromatic heterocycles. The number of aldehydes is 1. The smallest absolute Gasteiger partial charge is 0.252 e. The molecule has 1 aromatic rings. The number of unbranched alkanes of at least 4 members (excludes halogenated alkanes) is 2. The fraction of sp³-hybridized carbons (Fsp3) is 0.717. The second kappa shape index (κ2) is 31.5. The Balaban J connectivity index is 2.28. The molecule has 2 aliphatic rings. The number of ether oxygens (including phenoxy) is 1. The Labute approximate surface area is 438 Å². The molecule has 0 radical (unpaired) electrons. The van der Waals surface area contributed by atoms with Gasteiger partial charge in [0.05, 0.1) is 18.1 Å². The van der Waals surface area contributed by atoms with Crippen LogP contribution < -0.4 is 60.8 Å². The molecule has 1 aromatic carbocycles. The van der Waals surface area contributed by atoms with E-state index in [4.69, 9.17) is 44.9 Å². The van der Waals surface area contributed by atoms with Crippen molar-refractivity contribution in [1.82, 2.24) is 20.9 Å². The van der Waals surface area contributed by atoms with Crippen molar-refractivity contribution in [1.29, 1.82) is 0 Å². The predicted molar refractivity (Wildman–Crippen MR) is 284 cm³/mol. The number of benzene rings is 1. The Morgan fingerprint density at radius 1 is 0.703 bits per heavy atom. The van der Waals surface area contributed by atoms with Crippen LogP contribution >= 0.6 is 0 Å². The van der Waals surface area contributed by atoms with Crippen LogP contribution in [0.4, 0.5) is 0 Å². The van der Waals surface area contributed by atoms with Crippen LogP contribution in [0.3, 0.4) is 0 Å². The van der Waals surface area contributed by atoms with Crippen molar-refractivity contribution in [2.24, 2.45) is 62.9 Å². The molecule has 17 N–H and O–H groups in total. The SMILES string of the molecule is CC(=O)C(CCN=C(N)N)(Oc1ccccc1)[C@](C=O)(C(=O)[C@@H](N)CC1CCCCC1)N(C(=O)[C@H](C)NC(=O)[C@H](CC(C)C)NC(=O)[C@H](CCCCN)NC(=O)[C@@H](N)CCCCN)C(=O)[C@@H](N)CC1CCCCC1. The van der Waals surface area contributed by atoms with Crippen LogP contribution in [0.15, 0.2) is 35.3 Å². The molecule has 2 aliphatic carbocycles. The topological polar surface area (TPSA) is 380 Å². The van der Waals surface area contributed by atoms with E-state index in [1.54, 1.807) is 18.2 Å². The lowest BCUT2D eigenvalue weighted by atomic mass is 9.67. The summed E-state index contributed by atoms with van der Waals surface area (Å²) in [5.41, 5.74) is 36.9. The van der Waals surface area contributed by atoms with E-state index in [0.29, 0.717) is 50.1 Å². The van der Waals surface area contributed by atoms with Crippen LogP contribution in [0, 0.1) is 17.8 Å². The summed E-state index contributed by atoms with van der Waals surface area (Å²) >= 11 is 0. The van der Waals surface area contributed by atoms with Gasteiger partial charge in [-0.25, -0.2) is 0 Å². The van der Waals surface area contributed by atoms with Gasteiger partial charge in [-0.1, -0.05) is 103 Å². The molecule has 1 unspecified atom stereocenters. The second-order valence-electron chi connectivity index (χ2n) is 21.0. The Morgan fingerprint density at radius 2 is 1.23 bits per heavy atom. The van der Waals surface area contributed by atoms with Gasteiger partial charge >= 0.3 is 0 Å². The Bertz CT molecular complexity index is 2010. The molecular formula is C53H90N12O9. The quantitative estimate of drug-likeness (QED) is 0.0157. The van der Waals surface area contributed by atoms with Gasteiger partial charge in [-0.2, -0.15) is 0 Å². The molecule has 416 valence electrons. The number of carbonyl (C=O) groups is 8. The summed E-state index contributed by atoms with van der Waals surface area (Å²) in [5.74, 6) is -7.47. The Morgan fingerprint density at radius 3 is 1.74 bits per heavy atom. The number of hydrogen-bond donors (Lipinski definition) is 10. The summed E-state index contributed by atoms with van der Waals surface area (Å²) in [6, 6.07) is -0.343. The normalized spacial score (nSPS) is 18.4. The van der Waals surface area contributed by atoms with Gasteiger partial charge in [-0.3, -0.25) is 43.5 Å². The maximum Gasteiger partial charge on any atom is 0.252 e. The highest BCUT2D eigenvalue weighted by atomic mass is 16.5. The van der Waals surface area contributed by atoms with Crippen LogP contribution in [-0.2, 0) is 38.4 Å². The monoisotopic (exact) mass is 1040 g/mol. The number of nitrogens with zero attached hydrogens (tertiary/aromatic N) is 2. The summed E-state index contributed by atoms with van der Waals surface area (Å²) in [6.07, 6.45) is 10.8. The van der Waals surface area contributed by atoms with Crippen molar-refractivity contribution >= 4 is 53.3 Å². The zero-order valence-electron chi connectivity index (χ0n) is 44.5. The maximum absolute atomic E-state index is 15.9. The second-order valence-corrected chi connectivity index (χ2v) is 21.0. The molecule has 5 amide bonds. The number of nitrogens with two attached hydrogens (primary N) is 7. The van der Waals surface area contributed by atoms with E-state index in [0.717, 1.165) is 71.1 Å². The molecule has 21 heteroatoms. The highest BCUT2D eigenvalue weighted by Crippen LogP contribution is 2.41. The fourth-order valence-corrected chi connectivity index (χ4v) is 10.5. The average molecular weight is 1040 g/mol. The van der Waals surface area contributed by atoms with Crippen molar-refractivity contribution in [3.05, 3.63) is 30.3 Å². The van der Waals surface area contributed by atoms with Gasteiger partial charge in [0.15, 0.2) is 23.8 Å². The van der Waals surface area contributed by atoms with Crippen molar-refractivity contribution in [2.75, 3.05) is 19.6 Å². The molecule has 0 saturated heterocycles. The van der Waals surface area contributed by atoms with Gasteiger partial charge in [0.25, 0.3) is 5.91 Å². The number of carbonyl (C=O) groups excluding carboxylic acids is 8. The third-order valence-electron chi connectivity index (χ3n) is 14.6. The summed E-state index contributed by atoms with van der Waals surface area (Å²) in [4.78, 5) is 123. The number of ketones is 2.